The summed E-state index contributed by atoms with van der Waals surface area (Å²) in [4.78, 5) is 10.5. The number of anilines is 1. The summed E-state index contributed by atoms with van der Waals surface area (Å²) in [7, 11) is 0. The Hall–Kier alpha value is -1.46. The Morgan fingerprint density at radius 2 is 2.09 bits per heavy atom. The Morgan fingerprint density at radius 3 is 3.09 bits per heavy atom. The molecule has 0 unspecified atom stereocenters. The lowest BCUT2D eigenvalue weighted by atomic mass is 9.95. The molecule has 0 atom stereocenters. The van der Waals surface area contributed by atoms with Crippen molar-refractivity contribution in [1.29, 1.82) is 0 Å². The first-order chi connectivity index (χ1) is 10.9. The van der Waals surface area contributed by atoms with Gasteiger partial charge in [0.05, 0.1) is 5.69 Å². The second kappa shape index (κ2) is 6.34. The molecule has 1 aliphatic heterocycles. The standard InChI is InChI=1S/C17H22N4S/c1-2-4-16-13(3-1)12(10-22-16)5-8-19-17-14-6-7-18-9-15(14)20-11-21-17/h10-11,18H,1-9H2,(H,19,20,21). The minimum Gasteiger partial charge on any atom is -0.369 e. The summed E-state index contributed by atoms with van der Waals surface area (Å²) in [5.74, 6) is 1.04. The number of aryl methyl sites for hydroxylation is 1. The first-order valence-electron chi connectivity index (χ1n) is 8.27. The molecule has 1 aliphatic carbocycles. The van der Waals surface area contributed by atoms with Gasteiger partial charge in [-0.05, 0) is 61.6 Å². The van der Waals surface area contributed by atoms with Gasteiger partial charge in [-0.2, -0.15) is 0 Å². The quantitative estimate of drug-likeness (QED) is 0.911. The van der Waals surface area contributed by atoms with Crippen LogP contribution in [-0.2, 0) is 32.2 Å². The van der Waals surface area contributed by atoms with Crippen molar-refractivity contribution in [2.45, 2.75) is 45.1 Å². The van der Waals surface area contributed by atoms with Gasteiger partial charge in [0.25, 0.3) is 0 Å². The van der Waals surface area contributed by atoms with E-state index in [-0.39, 0.29) is 0 Å². The Labute approximate surface area is 135 Å². The summed E-state index contributed by atoms with van der Waals surface area (Å²) in [5.41, 5.74) is 5.65. The van der Waals surface area contributed by atoms with Gasteiger partial charge in [0.15, 0.2) is 0 Å². The molecule has 2 aliphatic rings. The van der Waals surface area contributed by atoms with Crippen LogP contribution in [0.4, 0.5) is 5.82 Å². The van der Waals surface area contributed by atoms with E-state index in [4.69, 9.17) is 0 Å². The molecule has 0 saturated heterocycles. The minimum absolute atomic E-state index is 0.866. The second-order valence-electron chi connectivity index (χ2n) is 6.12. The van der Waals surface area contributed by atoms with Crippen molar-refractivity contribution in [3.8, 4) is 0 Å². The molecule has 3 heterocycles. The normalized spacial score (nSPS) is 16.9. The molecule has 0 bridgehead atoms. The van der Waals surface area contributed by atoms with E-state index in [0.29, 0.717) is 0 Å². The molecule has 2 aromatic rings. The van der Waals surface area contributed by atoms with Crippen molar-refractivity contribution in [2.75, 3.05) is 18.4 Å². The molecule has 4 nitrogen and oxygen atoms in total. The van der Waals surface area contributed by atoms with Crippen molar-refractivity contribution >= 4 is 17.2 Å². The van der Waals surface area contributed by atoms with Gasteiger partial charge in [0, 0.05) is 23.5 Å². The minimum atomic E-state index is 0.866. The van der Waals surface area contributed by atoms with Crippen molar-refractivity contribution in [2.24, 2.45) is 0 Å². The maximum atomic E-state index is 4.45. The van der Waals surface area contributed by atoms with Gasteiger partial charge in [0.2, 0.25) is 0 Å². The lowest BCUT2D eigenvalue weighted by Crippen LogP contribution is -2.26. The molecular formula is C17H22N4S. The van der Waals surface area contributed by atoms with Crippen molar-refractivity contribution in [3.63, 3.8) is 0 Å². The average molecular weight is 314 g/mol. The van der Waals surface area contributed by atoms with Gasteiger partial charge in [-0.3, -0.25) is 0 Å². The number of nitrogens with one attached hydrogen (secondary N) is 2. The molecule has 0 saturated carbocycles. The van der Waals surface area contributed by atoms with Gasteiger partial charge in [0.1, 0.15) is 12.1 Å². The molecule has 0 spiro atoms. The number of aromatic nitrogens is 2. The zero-order valence-electron chi connectivity index (χ0n) is 12.8. The highest BCUT2D eigenvalue weighted by atomic mass is 32.1. The van der Waals surface area contributed by atoms with Gasteiger partial charge in [-0.1, -0.05) is 0 Å². The van der Waals surface area contributed by atoms with Gasteiger partial charge in [-0.15, -0.1) is 11.3 Å². The first-order valence-corrected chi connectivity index (χ1v) is 9.15. The van der Waals surface area contributed by atoms with Gasteiger partial charge >= 0.3 is 0 Å². The second-order valence-corrected chi connectivity index (χ2v) is 7.09. The molecule has 22 heavy (non-hydrogen) atoms. The predicted octanol–water partition coefficient (Wildman–Crippen LogP) is 2.72. The molecule has 5 heteroatoms. The molecule has 0 fully saturated rings. The van der Waals surface area contributed by atoms with Crippen molar-refractivity contribution in [1.82, 2.24) is 15.3 Å². The zero-order valence-corrected chi connectivity index (χ0v) is 13.6. The highest BCUT2D eigenvalue weighted by molar-refractivity contribution is 7.10. The van der Waals surface area contributed by atoms with Crippen LogP contribution in [0, 0.1) is 0 Å². The highest BCUT2D eigenvalue weighted by Gasteiger charge is 2.17. The molecule has 4 rings (SSSR count). The zero-order chi connectivity index (χ0) is 14.8. The molecule has 0 amide bonds. The summed E-state index contributed by atoms with van der Waals surface area (Å²) >= 11 is 1.96. The SMILES string of the molecule is c1nc2c(c(NCCc3csc4c3CCCC4)n1)CCNC2. The fraction of sp³-hybridized carbons (Fsp3) is 0.529. The molecule has 2 aromatic heterocycles. The van der Waals surface area contributed by atoms with E-state index in [1.54, 1.807) is 22.3 Å². The predicted molar refractivity (Wildman–Crippen MR) is 90.6 cm³/mol. The molecular weight excluding hydrogens is 292 g/mol. The van der Waals surface area contributed by atoms with Crippen LogP contribution in [0.1, 0.15) is 40.1 Å². The lowest BCUT2D eigenvalue weighted by molar-refractivity contribution is 0.624. The average Bonchev–Trinajstić information content (AvgIpc) is 2.99. The largest absolute Gasteiger partial charge is 0.369 e. The Kier molecular flexibility index (Phi) is 4.08. The number of hydrogen-bond acceptors (Lipinski definition) is 5. The number of fused-ring (bicyclic) bond motifs is 2. The smallest absolute Gasteiger partial charge is 0.132 e. The number of hydrogen-bond donors (Lipinski definition) is 2. The molecule has 0 radical (unpaired) electrons. The van der Waals surface area contributed by atoms with E-state index in [1.165, 1.54) is 31.2 Å². The Balaban J connectivity index is 1.42. The maximum Gasteiger partial charge on any atom is 0.132 e. The fourth-order valence-electron chi connectivity index (χ4n) is 3.52. The van der Waals surface area contributed by atoms with Crippen LogP contribution in [0.5, 0.6) is 0 Å². The van der Waals surface area contributed by atoms with Crippen LogP contribution in [0.25, 0.3) is 0 Å². The summed E-state index contributed by atoms with van der Waals surface area (Å²) in [6.45, 7) is 2.84. The van der Waals surface area contributed by atoms with Crippen LogP contribution in [0.2, 0.25) is 0 Å². The van der Waals surface area contributed by atoms with Gasteiger partial charge < -0.3 is 10.6 Å². The van der Waals surface area contributed by atoms with E-state index < -0.39 is 0 Å². The summed E-state index contributed by atoms with van der Waals surface area (Å²) in [6.07, 6.45) is 9.10. The first kappa shape index (κ1) is 14.2. The topological polar surface area (TPSA) is 49.8 Å². The van der Waals surface area contributed by atoms with Crippen LogP contribution >= 0.6 is 11.3 Å². The molecule has 116 valence electrons. The monoisotopic (exact) mass is 314 g/mol. The fourth-order valence-corrected chi connectivity index (χ4v) is 4.70. The van der Waals surface area contributed by atoms with E-state index in [2.05, 4.69) is 26.0 Å². The summed E-state index contributed by atoms with van der Waals surface area (Å²) in [5, 5.41) is 9.28. The number of nitrogens with zero attached hydrogens (tertiary/aromatic N) is 2. The van der Waals surface area contributed by atoms with Crippen molar-refractivity contribution in [3.05, 3.63) is 39.0 Å². The van der Waals surface area contributed by atoms with E-state index in [1.807, 2.05) is 11.3 Å². The highest BCUT2D eigenvalue weighted by Crippen LogP contribution is 2.30. The van der Waals surface area contributed by atoms with Crippen molar-refractivity contribution < 1.29 is 0 Å². The summed E-state index contributed by atoms with van der Waals surface area (Å²) < 4.78 is 0. The van der Waals surface area contributed by atoms with Crippen LogP contribution in [0.15, 0.2) is 11.7 Å². The van der Waals surface area contributed by atoms with Crippen LogP contribution in [-0.4, -0.2) is 23.1 Å². The molecule has 2 N–H and O–H groups in total. The van der Waals surface area contributed by atoms with E-state index in [9.17, 15) is 0 Å². The van der Waals surface area contributed by atoms with Crippen LogP contribution in [0.3, 0.4) is 0 Å². The van der Waals surface area contributed by atoms with Crippen LogP contribution < -0.4 is 10.6 Å². The van der Waals surface area contributed by atoms with Gasteiger partial charge in [-0.25, -0.2) is 9.97 Å². The third-order valence-electron chi connectivity index (χ3n) is 4.71. The summed E-state index contributed by atoms with van der Waals surface area (Å²) in [6, 6.07) is 0. The Morgan fingerprint density at radius 1 is 1.14 bits per heavy atom. The third-order valence-corrected chi connectivity index (χ3v) is 5.85. The van der Waals surface area contributed by atoms with E-state index in [0.717, 1.165) is 44.0 Å². The third kappa shape index (κ3) is 2.75. The lowest BCUT2D eigenvalue weighted by Gasteiger charge is -2.19. The number of thiophene rings is 1. The molecule has 0 aromatic carbocycles. The Bertz CT molecular complexity index is 665. The maximum absolute atomic E-state index is 4.45. The number of rotatable bonds is 4. The van der Waals surface area contributed by atoms with E-state index >= 15 is 0 Å².